The average molecular weight is 1810 g/mol. The summed E-state index contributed by atoms with van der Waals surface area (Å²) in [6, 6.07) is 44.6. The second-order valence-corrected chi connectivity index (χ2v) is 35.2. The summed E-state index contributed by atoms with van der Waals surface area (Å²) in [4.78, 5) is 60.7. The molecule has 5 saturated carbocycles. The number of alkyl halides is 3. The Balaban J connectivity index is 0.000000104. The van der Waals surface area contributed by atoms with Crippen LogP contribution in [0.1, 0.15) is 257 Å². The monoisotopic (exact) mass is 1810 g/mol. The van der Waals surface area contributed by atoms with Gasteiger partial charge < -0.3 is 60.1 Å². The fraction of sp³-hybridized carbons (Fsp3) is 0.354. The highest BCUT2D eigenvalue weighted by molar-refractivity contribution is 5.87. The highest BCUT2D eigenvalue weighted by Crippen LogP contribution is 2.45. The van der Waals surface area contributed by atoms with Gasteiger partial charge in [0.15, 0.2) is 17.3 Å². The number of furan rings is 4. The largest absolute Gasteiger partial charge is 0.470 e. The zero-order chi connectivity index (χ0) is 92.6. The minimum atomic E-state index is -4.56. The van der Waals surface area contributed by atoms with Crippen molar-refractivity contribution < 1.29 is 58.8 Å². The third-order valence-corrected chi connectivity index (χ3v) is 24.0. The molecule has 14 heterocycles. The first kappa shape index (κ1) is 87.1. The van der Waals surface area contributed by atoms with Gasteiger partial charge in [0.25, 0.3) is 11.8 Å². The van der Waals surface area contributed by atoms with E-state index in [9.17, 15) is 13.2 Å². The number of aromatic nitrogens is 21. The molecule has 684 valence electrons. The normalized spacial score (nSPS) is 15.5. The third kappa shape index (κ3) is 19.3. The number of hydrogen-bond acceptors (Lipinski definition) is 29. The topological polar surface area (TPSA) is 375 Å². The molecule has 134 heavy (non-hydrogen) atoms. The molecule has 0 bridgehead atoms. The van der Waals surface area contributed by atoms with Crippen LogP contribution in [0, 0.1) is 62.3 Å². The number of nitrogens with one attached hydrogen (secondary N) is 1. The molecule has 0 amide bonds. The summed E-state index contributed by atoms with van der Waals surface area (Å²) in [6.45, 7) is 26.2. The van der Waals surface area contributed by atoms with Gasteiger partial charge in [0.1, 0.15) is 104 Å². The van der Waals surface area contributed by atoms with E-state index in [1.807, 2.05) is 160 Å². The van der Waals surface area contributed by atoms with E-state index >= 15 is 0 Å². The van der Waals surface area contributed by atoms with Crippen molar-refractivity contribution in [2.45, 2.75) is 228 Å². The number of anilines is 1. The molecular formula is C99H97F3N22O10. The van der Waals surface area contributed by atoms with Crippen LogP contribution in [-0.2, 0) is 6.18 Å². The maximum atomic E-state index is 12.9. The molecule has 5 fully saturated rings. The first-order chi connectivity index (χ1) is 64.6. The van der Waals surface area contributed by atoms with Crippen molar-refractivity contribution in [2.24, 2.45) is 0 Å². The van der Waals surface area contributed by atoms with Gasteiger partial charge in [0.05, 0.1) is 57.7 Å². The fourth-order valence-electron chi connectivity index (χ4n) is 16.1. The molecule has 19 aromatic rings. The Bertz CT molecular complexity index is 7130. The van der Waals surface area contributed by atoms with Crippen LogP contribution in [-0.4, -0.2) is 104 Å². The zero-order valence-electron chi connectivity index (χ0n) is 76.3. The minimum Gasteiger partial charge on any atom is -0.470 e. The average Bonchev–Trinajstić information content (AvgIpc) is 1.63. The molecule has 0 radical (unpaired) electrons. The number of rotatable bonds is 22. The van der Waals surface area contributed by atoms with E-state index in [1.54, 1.807) is 19.1 Å². The molecular weight excluding hydrogens is 1710 g/mol. The Hall–Kier alpha value is -14.9. The van der Waals surface area contributed by atoms with Crippen LogP contribution in [0.15, 0.2) is 173 Å². The first-order valence-electron chi connectivity index (χ1n) is 45.1. The second-order valence-electron chi connectivity index (χ2n) is 35.2. The van der Waals surface area contributed by atoms with E-state index in [-0.39, 0.29) is 36.1 Å². The maximum absolute atomic E-state index is 12.9. The summed E-state index contributed by atoms with van der Waals surface area (Å²) in [5, 5.41) is 23.5. The summed E-state index contributed by atoms with van der Waals surface area (Å²) in [5.74, 6) is 11.5. The minimum absolute atomic E-state index is 0.00441. The Morgan fingerprint density at radius 1 is 0.373 bits per heavy atom. The molecule has 0 spiro atoms. The molecule has 0 saturated heterocycles. The number of benzene rings is 5. The number of aryl methyl sites for hydroxylation is 9. The van der Waals surface area contributed by atoms with Crippen molar-refractivity contribution >= 4 is 83.3 Å². The van der Waals surface area contributed by atoms with E-state index < -0.39 is 18.0 Å². The molecule has 5 aromatic carbocycles. The van der Waals surface area contributed by atoms with E-state index in [1.165, 1.54) is 62.0 Å². The Kier molecular flexibility index (Phi) is 23.2. The van der Waals surface area contributed by atoms with Gasteiger partial charge in [-0.2, -0.15) is 63.0 Å². The van der Waals surface area contributed by atoms with Crippen molar-refractivity contribution in [3.8, 4) is 46.4 Å². The van der Waals surface area contributed by atoms with Crippen LogP contribution in [0.5, 0.6) is 23.5 Å². The van der Waals surface area contributed by atoms with Gasteiger partial charge in [0, 0.05) is 41.1 Å². The Labute approximate surface area is 765 Å². The van der Waals surface area contributed by atoms with E-state index in [0.717, 1.165) is 149 Å². The van der Waals surface area contributed by atoms with Crippen molar-refractivity contribution in [2.75, 3.05) is 5.32 Å². The fourth-order valence-corrected chi connectivity index (χ4v) is 16.1. The van der Waals surface area contributed by atoms with Gasteiger partial charge in [-0.05, 0) is 274 Å². The summed E-state index contributed by atoms with van der Waals surface area (Å²) < 4.78 is 103. The quantitative estimate of drug-likeness (QED) is 0.0658. The number of fused-ring (bicyclic) bond motifs is 7. The highest BCUT2D eigenvalue weighted by atomic mass is 19.4. The summed E-state index contributed by atoms with van der Waals surface area (Å²) in [7, 11) is 0. The van der Waals surface area contributed by atoms with Crippen LogP contribution in [0.2, 0.25) is 0 Å². The van der Waals surface area contributed by atoms with E-state index in [0.29, 0.717) is 106 Å². The molecule has 5 atom stereocenters. The number of imidazole rings is 2. The van der Waals surface area contributed by atoms with Gasteiger partial charge in [-0.3, -0.25) is 0 Å². The predicted octanol–water partition coefficient (Wildman–Crippen LogP) is 23.2. The Morgan fingerprint density at radius 2 is 0.754 bits per heavy atom. The molecule has 5 aliphatic rings. The molecule has 14 aromatic heterocycles. The molecule has 35 heteroatoms. The summed E-state index contributed by atoms with van der Waals surface area (Å²) in [6.07, 6.45) is 10.2. The third-order valence-electron chi connectivity index (χ3n) is 24.0. The van der Waals surface area contributed by atoms with Crippen LogP contribution < -0.4 is 24.3 Å². The second kappa shape index (κ2) is 35.6. The predicted molar refractivity (Wildman–Crippen MR) is 490 cm³/mol. The van der Waals surface area contributed by atoms with Crippen LogP contribution >= 0.6 is 0 Å². The van der Waals surface area contributed by atoms with Crippen molar-refractivity contribution in [3.05, 3.63) is 243 Å². The number of halogens is 3. The first-order valence-corrected chi connectivity index (χ1v) is 45.1. The van der Waals surface area contributed by atoms with Crippen LogP contribution in [0.4, 0.5) is 19.0 Å². The lowest BCUT2D eigenvalue weighted by Crippen LogP contribution is -2.12. The molecule has 1 N–H and O–H groups in total. The van der Waals surface area contributed by atoms with Crippen molar-refractivity contribution in [3.63, 3.8) is 0 Å². The maximum Gasteiger partial charge on any atom is 0.433 e. The summed E-state index contributed by atoms with van der Waals surface area (Å²) >= 11 is 0. The van der Waals surface area contributed by atoms with Crippen LogP contribution in [0.3, 0.4) is 0 Å². The smallest absolute Gasteiger partial charge is 0.433 e. The standard InChI is InChI=1S/C21H20N4O3.C20H21N5O.C20H20N4O2.C19H17F3N4O2.C19H19N5O2/c1-11-10-17-20(26-11)22-13(3)23-21(17)27-12(2)14-4-8-16(9-5-14)19-24-18(25-28-19)15-6-7-15;1-11-8-16-19(23-13(3)24-20(16)26-11)22-12(2)14-4-7-18-17(9-14)21-10-25(18)15-5-6-15;1-11-8-16-19(25-11)22-13(3)23-20(16)26-12(2)14-4-7-18-17(9-14)21-10-24(18)15-5-6-15;1-10(27-16-9-15(19(20,21)22)23-11(2)24-16)12-3-7-14(8-4-12)18-25-17(26-28-18)13-5-6-13;1-10-8-15-18(25-10)20-12(3)21-19(15)26-11(2)13-4-7-17-16(9-13)22-23-24(17)14-5-6-14/h4-5,8-10,12,15H,6-7H2,1-3H3;4,7-10,12,15H,5-6H2,1-3H3,(H,22,23,24);4,7-10,12,15H,5-6H2,1-3H3;3-4,7-10,13H,5-6H2,1-2H3;4,7-9,11,14H,5-6H2,1-3H3. The summed E-state index contributed by atoms with van der Waals surface area (Å²) in [5.41, 5.74) is 14.5. The molecule has 5 unspecified atom stereocenters. The number of nitrogens with zero attached hydrogens (tertiary/aromatic N) is 21. The van der Waals surface area contributed by atoms with Gasteiger partial charge in [-0.25, -0.2) is 24.6 Å². The van der Waals surface area contributed by atoms with Gasteiger partial charge >= 0.3 is 6.18 Å². The van der Waals surface area contributed by atoms with Crippen molar-refractivity contribution in [1.29, 1.82) is 0 Å². The number of ether oxygens (including phenoxy) is 4. The molecule has 32 nitrogen and oxygen atoms in total. The van der Waals surface area contributed by atoms with Crippen molar-refractivity contribution in [1.82, 2.24) is 104 Å². The lowest BCUT2D eigenvalue weighted by Gasteiger charge is -2.16. The number of hydrogen-bond donors (Lipinski definition) is 1. The molecule has 5 aliphatic carbocycles. The molecule has 0 aliphatic heterocycles. The van der Waals surface area contributed by atoms with E-state index in [2.05, 4.69) is 160 Å². The SMILES string of the molecule is Cc1nc(NC(C)c2ccc3c(c2)ncn3C2CC2)c2cc(C)oc2n1.Cc1nc(OC(C)c2ccc(-c3nc(C4CC4)no3)cc2)c2cc(C)oc2n1.Cc1nc(OC(C)c2ccc(-c3nc(C4CC4)no3)cc2)cc(C(F)(F)F)n1.Cc1nc(OC(C)c2ccc3c(c2)ncn3C2CC2)c2cc(C)oc2n1.Cc1nc(OC(C)c2ccc3c(c2)nnn3C2CC2)c2cc(C)oc2n1. The molecule has 24 rings (SSSR count). The van der Waals surface area contributed by atoms with Gasteiger partial charge in [-0.15, -0.1) is 5.10 Å². The highest BCUT2D eigenvalue weighted by Gasteiger charge is 2.36. The van der Waals surface area contributed by atoms with Gasteiger partial charge in [-0.1, -0.05) is 58.0 Å². The van der Waals surface area contributed by atoms with E-state index in [4.69, 9.17) is 45.7 Å². The lowest BCUT2D eigenvalue weighted by atomic mass is 10.1. The van der Waals surface area contributed by atoms with Crippen LogP contribution in [0.25, 0.3) is 100 Å². The van der Waals surface area contributed by atoms with Gasteiger partial charge in [0.2, 0.25) is 46.4 Å². The zero-order valence-corrected chi connectivity index (χ0v) is 76.3. The Morgan fingerprint density at radius 3 is 1.19 bits per heavy atom. The lowest BCUT2D eigenvalue weighted by molar-refractivity contribution is -0.141.